The van der Waals surface area contributed by atoms with Gasteiger partial charge >= 0.3 is 0 Å². The summed E-state index contributed by atoms with van der Waals surface area (Å²) < 4.78 is 11.3. The second kappa shape index (κ2) is 8.72. The van der Waals surface area contributed by atoms with Crippen LogP contribution >= 0.6 is 0 Å². The van der Waals surface area contributed by atoms with Crippen molar-refractivity contribution < 1.29 is 14.3 Å². The van der Waals surface area contributed by atoms with Crippen LogP contribution in [0.2, 0.25) is 0 Å². The van der Waals surface area contributed by atoms with Crippen LogP contribution in [0.1, 0.15) is 35.7 Å². The van der Waals surface area contributed by atoms with Crippen LogP contribution in [-0.4, -0.2) is 24.8 Å². The van der Waals surface area contributed by atoms with Crippen molar-refractivity contribution in [1.29, 1.82) is 5.41 Å². The molecule has 0 heterocycles. The highest BCUT2D eigenvalue weighted by Crippen LogP contribution is 2.14. The number of amidine groups is 1. The number of ether oxygens (including phenoxy) is 2. The summed E-state index contributed by atoms with van der Waals surface area (Å²) in [6, 6.07) is 14.3. The molecule has 0 radical (unpaired) electrons. The fraction of sp³-hybridized carbons (Fsp3) is 0.263. The van der Waals surface area contributed by atoms with Crippen molar-refractivity contribution in [1.82, 2.24) is 0 Å². The van der Waals surface area contributed by atoms with Crippen LogP contribution in [-0.2, 0) is 0 Å². The second-order valence-electron chi connectivity index (χ2n) is 5.43. The number of benzene rings is 2. The first-order chi connectivity index (χ1) is 11.6. The highest BCUT2D eigenvalue weighted by molar-refractivity contribution is 5.95. The minimum absolute atomic E-state index is 0.0321. The van der Waals surface area contributed by atoms with Gasteiger partial charge in [-0.2, -0.15) is 0 Å². The SMILES string of the molecule is CC(=O)c1ccc(OCCCCOc2cccc(C(=N)N)c2)cc1. The van der Waals surface area contributed by atoms with Gasteiger partial charge in [0.15, 0.2) is 5.78 Å². The predicted molar refractivity (Wildman–Crippen MR) is 94.1 cm³/mol. The largest absolute Gasteiger partial charge is 0.494 e. The molecule has 0 fully saturated rings. The highest BCUT2D eigenvalue weighted by Gasteiger charge is 2.01. The fourth-order valence-corrected chi connectivity index (χ4v) is 2.12. The van der Waals surface area contributed by atoms with Crippen LogP contribution in [0.5, 0.6) is 11.5 Å². The predicted octanol–water partition coefficient (Wildman–Crippen LogP) is 3.41. The van der Waals surface area contributed by atoms with Crippen LogP contribution in [0.15, 0.2) is 48.5 Å². The van der Waals surface area contributed by atoms with Crippen molar-refractivity contribution in [3.8, 4) is 11.5 Å². The number of ketones is 1. The number of carbonyl (C=O) groups is 1. The Bertz CT molecular complexity index is 696. The van der Waals surface area contributed by atoms with Crippen molar-refractivity contribution in [2.45, 2.75) is 19.8 Å². The molecular weight excluding hydrogens is 304 g/mol. The summed E-state index contributed by atoms with van der Waals surface area (Å²) in [7, 11) is 0. The molecule has 0 aliphatic carbocycles. The number of nitrogens with two attached hydrogens (primary N) is 1. The zero-order valence-electron chi connectivity index (χ0n) is 13.7. The van der Waals surface area contributed by atoms with E-state index in [1.165, 1.54) is 0 Å². The van der Waals surface area contributed by atoms with E-state index >= 15 is 0 Å². The minimum atomic E-state index is 0.0321. The number of nitrogens with one attached hydrogen (secondary N) is 1. The number of rotatable bonds is 9. The van der Waals surface area contributed by atoms with E-state index in [4.69, 9.17) is 20.6 Å². The Morgan fingerprint density at radius 2 is 1.58 bits per heavy atom. The van der Waals surface area contributed by atoms with Gasteiger partial charge in [-0.05, 0) is 56.2 Å². The van der Waals surface area contributed by atoms with Crippen molar-refractivity contribution in [2.75, 3.05) is 13.2 Å². The van der Waals surface area contributed by atoms with Gasteiger partial charge in [-0.1, -0.05) is 12.1 Å². The molecule has 0 unspecified atom stereocenters. The monoisotopic (exact) mass is 326 g/mol. The van der Waals surface area contributed by atoms with Gasteiger partial charge in [0, 0.05) is 11.1 Å². The maximum Gasteiger partial charge on any atom is 0.159 e. The smallest absolute Gasteiger partial charge is 0.159 e. The standard InChI is InChI=1S/C19H22N2O3/c1-14(22)15-7-9-17(10-8-15)23-11-2-3-12-24-18-6-4-5-16(13-18)19(20)21/h4-10,13H,2-3,11-12H2,1H3,(H3,20,21). The summed E-state index contributed by atoms with van der Waals surface area (Å²) >= 11 is 0. The molecule has 0 bridgehead atoms. The molecule has 0 saturated carbocycles. The van der Waals surface area contributed by atoms with E-state index in [0.29, 0.717) is 30.1 Å². The molecule has 2 aromatic rings. The molecule has 0 amide bonds. The topological polar surface area (TPSA) is 85.4 Å². The molecule has 5 heteroatoms. The molecule has 2 rings (SSSR count). The molecule has 5 nitrogen and oxygen atoms in total. The lowest BCUT2D eigenvalue weighted by atomic mass is 10.1. The van der Waals surface area contributed by atoms with Gasteiger partial charge in [0.2, 0.25) is 0 Å². The molecule has 0 aromatic heterocycles. The zero-order chi connectivity index (χ0) is 17.4. The third-order valence-corrected chi connectivity index (χ3v) is 3.48. The number of carbonyl (C=O) groups excluding carboxylic acids is 1. The number of unbranched alkanes of at least 4 members (excludes halogenated alkanes) is 1. The van der Waals surface area contributed by atoms with Crippen molar-refractivity contribution in [3.05, 3.63) is 59.7 Å². The van der Waals surface area contributed by atoms with E-state index in [1.807, 2.05) is 12.1 Å². The first-order valence-electron chi connectivity index (χ1n) is 7.87. The average molecular weight is 326 g/mol. The van der Waals surface area contributed by atoms with E-state index < -0.39 is 0 Å². The van der Waals surface area contributed by atoms with Gasteiger partial charge in [0.1, 0.15) is 17.3 Å². The normalized spacial score (nSPS) is 10.2. The van der Waals surface area contributed by atoms with E-state index in [9.17, 15) is 4.79 Å². The molecule has 0 saturated heterocycles. The van der Waals surface area contributed by atoms with E-state index in [1.54, 1.807) is 43.3 Å². The molecule has 0 atom stereocenters. The van der Waals surface area contributed by atoms with Gasteiger partial charge in [-0.3, -0.25) is 10.2 Å². The quantitative estimate of drug-likeness (QED) is 0.320. The summed E-state index contributed by atoms with van der Waals surface area (Å²) in [6.45, 7) is 2.71. The number of Topliss-reactive ketones (excluding diaryl/α,β-unsaturated/α-hetero) is 1. The number of nitrogen functional groups attached to an aromatic ring is 1. The van der Waals surface area contributed by atoms with Crippen molar-refractivity contribution in [2.24, 2.45) is 5.73 Å². The molecule has 2 aromatic carbocycles. The Morgan fingerprint density at radius 3 is 2.17 bits per heavy atom. The second-order valence-corrected chi connectivity index (χ2v) is 5.43. The average Bonchev–Trinajstić information content (AvgIpc) is 2.58. The van der Waals surface area contributed by atoms with Gasteiger partial charge < -0.3 is 15.2 Å². The Balaban J connectivity index is 1.65. The fourth-order valence-electron chi connectivity index (χ4n) is 2.12. The Hall–Kier alpha value is -2.82. The van der Waals surface area contributed by atoms with Crippen LogP contribution in [0.25, 0.3) is 0 Å². The molecule has 126 valence electrons. The third-order valence-electron chi connectivity index (χ3n) is 3.48. The summed E-state index contributed by atoms with van der Waals surface area (Å²) in [5.74, 6) is 1.55. The van der Waals surface area contributed by atoms with E-state index in [0.717, 1.165) is 18.6 Å². The van der Waals surface area contributed by atoms with Crippen LogP contribution in [0.4, 0.5) is 0 Å². The molecule has 24 heavy (non-hydrogen) atoms. The molecule has 0 spiro atoms. The summed E-state index contributed by atoms with van der Waals surface area (Å²) in [5, 5.41) is 7.41. The Morgan fingerprint density at radius 1 is 0.958 bits per heavy atom. The van der Waals surface area contributed by atoms with Crippen LogP contribution < -0.4 is 15.2 Å². The Labute approximate surface area is 141 Å². The maximum atomic E-state index is 11.2. The first kappa shape index (κ1) is 17.5. The number of hydrogen-bond acceptors (Lipinski definition) is 4. The molecule has 0 aliphatic heterocycles. The summed E-state index contributed by atoms with van der Waals surface area (Å²) in [5.41, 5.74) is 6.79. The molecular formula is C19H22N2O3. The van der Waals surface area contributed by atoms with Crippen molar-refractivity contribution >= 4 is 11.6 Å². The first-order valence-corrected chi connectivity index (χ1v) is 7.87. The lowest BCUT2D eigenvalue weighted by Crippen LogP contribution is -2.11. The van der Waals surface area contributed by atoms with Crippen LogP contribution in [0, 0.1) is 5.41 Å². The van der Waals surface area contributed by atoms with Gasteiger partial charge in [-0.15, -0.1) is 0 Å². The van der Waals surface area contributed by atoms with Gasteiger partial charge in [-0.25, -0.2) is 0 Å². The third kappa shape index (κ3) is 5.43. The van der Waals surface area contributed by atoms with E-state index in [2.05, 4.69) is 0 Å². The highest BCUT2D eigenvalue weighted by atomic mass is 16.5. The summed E-state index contributed by atoms with van der Waals surface area (Å²) in [4.78, 5) is 11.2. The van der Waals surface area contributed by atoms with Crippen LogP contribution in [0.3, 0.4) is 0 Å². The Kier molecular flexibility index (Phi) is 6.37. The lowest BCUT2D eigenvalue weighted by Gasteiger charge is -2.09. The maximum absolute atomic E-state index is 11.2. The van der Waals surface area contributed by atoms with E-state index in [-0.39, 0.29) is 11.6 Å². The summed E-state index contributed by atoms with van der Waals surface area (Å²) in [6.07, 6.45) is 1.72. The number of hydrogen-bond donors (Lipinski definition) is 2. The zero-order valence-corrected chi connectivity index (χ0v) is 13.7. The van der Waals surface area contributed by atoms with Gasteiger partial charge in [0.25, 0.3) is 0 Å². The van der Waals surface area contributed by atoms with Crippen molar-refractivity contribution in [3.63, 3.8) is 0 Å². The lowest BCUT2D eigenvalue weighted by molar-refractivity contribution is 0.101. The molecule has 0 aliphatic rings. The molecule has 3 N–H and O–H groups in total. The van der Waals surface area contributed by atoms with Gasteiger partial charge in [0.05, 0.1) is 13.2 Å². The minimum Gasteiger partial charge on any atom is -0.494 e.